The zero-order valence-corrected chi connectivity index (χ0v) is 6.91. The molecule has 1 nitrogen and oxygen atoms in total. The molecule has 12 heavy (non-hydrogen) atoms. The summed E-state index contributed by atoms with van der Waals surface area (Å²) in [5.74, 6) is -4.19. The highest BCUT2D eigenvalue weighted by atomic mass is 32.1. The van der Waals surface area contributed by atoms with Crippen LogP contribution in [-0.4, -0.2) is 11.7 Å². The Morgan fingerprint density at radius 3 is 2.75 bits per heavy atom. The maximum atomic E-state index is 12.4. The summed E-state index contributed by atoms with van der Waals surface area (Å²) >= 11 is 1.22. The molecule has 1 unspecified atom stereocenters. The van der Waals surface area contributed by atoms with E-state index in [1.807, 2.05) is 0 Å². The standard InChI is InChI=1S/C8H6F2OS/c9-8(10)4-5(8)7(11)6-2-1-3-12-6/h1-3,5H,4H2. The molecular weight excluding hydrogens is 182 g/mol. The van der Waals surface area contributed by atoms with Crippen LogP contribution in [0.3, 0.4) is 0 Å². The molecule has 1 aromatic rings. The van der Waals surface area contributed by atoms with Crippen LogP contribution in [0, 0.1) is 5.92 Å². The minimum atomic E-state index is -2.74. The van der Waals surface area contributed by atoms with E-state index in [-0.39, 0.29) is 6.42 Å². The van der Waals surface area contributed by atoms with Gasteiger partial charge in [0.1, 0.15) is 0 Å². The first-order chi connectivity index (χ1) is 5.61. The maximum Gasteiger partial charge on any atom is 0.259 e. The number of carbonyl (C=O) groups excluding carboxylic acids is 1. The topological polar surface area (TPSA) is 17.1 Å². The highest BCUT2D eigenvalue weighted by Crippen LogP contribution is 2.50. The van der Waals surface area contributed by atoms with Crippen LogP contribution in [0.4, 0.5) is 8.78 Å². The molecule has 0 bridgehead atoms. The van der Waals surface area contributed by atoms with Crippen molar-refractivity contribution < 1.29 is 13.6 Å². The summed E-state index contributed by atoms with van der Waals surface area (Å²) in [6.45, 7) is 0. The molecule has 0 spiro atoms. The molecule has 2 rings (SSSR count). The van der Waals surface area contributed by atoms with Gasteiger partial charge in [0.2, 0.25) is 0 Å². The van der Waals surface area contributed by atoms with Gasteiger partial charge >= 0.3 is 0 Å². The van der Waals surface area contributed by atoms with Crippen molar-refractivity contribution in [1.29, 1.82) is 0 Å². The zero-order valence-electron chi connectivity index (χ0n) is 6.09. The van der Waals surface area contributed by atoms with Gasteiger partial charge in [-0.25, -0.2) is 8.78 Å². The Bertz CT molecular complexity index is 305. The lowest BCUT2D eigenvalue weighted by Crippen LogP contribution is -2.05. The van der Waals surface area contributed by atoms with Crippen LogP contribution in [0.5, 0.6) is 0 Å². The van der Waals surface area contributed by atoms with E-state index < -0.39 is 17.6 Å². The second-order valence-corrected chi connectivity index (χ2v) is 3.81. The van der Waals surface area contributed by atoms with Crippen molar-refractivity contribution in [3.63, 3.8) is 0 Å². The fourth-order valence-corrected chi connectivity index (χ4v) is 1.81. The van der Waals surface area contributed by atoms with Crippen molar-refractivity contribution in [3.8, 4) is 0 Å². The van der Waals surface area contributed by atoms with Crippen molar-refractivity contribution in [1.82, 2.24) is 0 Å². The molecule has 1 aromatic heterocycles. The van der Waals surface area contributed by atoms with Crippen molar-refractivity contribution >= 4 is 17.1 Å². The van der Waals surface area contributed by atoms with E-state index in [0.717, 1.165) is 0 Å². The van der Waals surface area contributed by atoms with Gasteiger partial charge in [-0.3, -0.25) is 4.79 Å². The Morgan fingerprint density at radius 2 is 2.33 bits per heavy atom. The molecule has 1 fully saturated rings. The van der Waals surface area contributed by atoms with Crippen LogP contribution < -0.4 is 0 Å². The normalized spacial score (nSPS) is 25.3. The number of Topliss-reactive ketones (excluding diaryl/α,β-unsaturated/α-hetero) is 1. The number of carbonyl (C=O) groups is 1. The third-order valence-corrected chi connectivity index (χ3v) is 2.79. The van der Waals surface area contributed by atoms with Crippen LogP contribution in [0.25, 0.3) is 0 Å². The number of halogens is 2. The molecule has 0 aromatic carbocycles. The summed E-state index contributed by atoms with van der Waals surface area (Å²) in [5, 5.41) is 1.72. The minimum absolute atomic E-state index is 0.274. The molecule has 1 aliphatic carbocycles. The SMILES string of the molecule is O=C(c1cccs1)C1CC1(F)F. The number of hydrogen-bond donors (Lipinski definition) is 0. The molecule has 0 N–H and O–H groups in total. The highest BCUT2D eigenvalue weighted by molar-refractivity contribution is 7.12. The molecule has 64 valence electrons. The van der Waals surface area contributed by atoms with Crippen molar-refractivity contribution in [3.05, 3.63) is 22.4 Å². The predicted molar refractivity (Wildman–Crippen MR) is 41.7 cm³/mol. The van der Waals surface area contributed by atoms with Crippen LogP contribution in [0.1, 0.15) is 16.1 Å². The van der Waals surface area contributed by atoms with Gasteiger partial charge in [-0.15, -0.1) is 11.3 Å². The van der Waals surface area contributed by atoms with Gasteiger partial charge in [-0.2, -0.15) is 0 Å². The molecule has 1 atom stereocenters. The van der Waals surface area contributed by atoms with Gasteiger partial charge in [-0.05, 0) is 11.4 Å². The second-order valence-electron chi connectivity index (χ2n) is 2.86. The van der Waals surface area contributed by atoms with E-state index in [1.54, 1.807) is 17.5 Å². The summed E-state index contributed by atoms with van der Waals surface area (Å²) in [7, 11) is 0. The van der Waals surface area contributed by atoms with Crippen molar-refractivity contribution in [2.24, 2.45) is 5.92 Å². The van der Waals surface area contributed by atoms with Crippen molar-refractivity contribution in [2.75, 3.05) is 0 Å². The number of hydrogen-bond acceptors (Lipinski definition) is 2. The fourth-order valence-electron chi connectivity index (χ4n) is 1.09. The molecule has 1 aliphatic rings. The maximum absolute atomic E-state index is 12.4. The number of rotatable bonds is 2. The van der Waals surface area contributed by atoms with Gasteiger partial charge in [0.25, 0.3) is 5.92 Å². The van der Waals surface area contributed by atoms with E-state index in [4.69, 9.17) is 0 Å². The molecule has 0 aliphatic heterocycles. The average Bonchev–Trinajstić information content (AvgIpc) is 2.56. The van der Waals surface area contributed by atoms with Gasteiger partial charge in [-0.1, -0.05) is 6.07 Å². The van der Waals surface area contributed by atoms with E-state index >= 15 is 0 Å². The van der Waals surface area contributed by atoms with E-state index in [9.17, 15) is 13.6 Å². The first kappa shape index (κ1) is 7.86. The second kappa shape index (κ2) is 2.36. The van der Waals surface area contributed by atoms with E-state index in [2.05, 4.69) is 0 Å². The summed E-state index contributed by atoms with van der Waals surface area (Å²) < 4.78 is 24.8. The summed E-state index contributed by atoms with van der Waals surface area (Å²) in [6.07, 6.45) is -0.274. The Labute approximate surface area is 72.0 Å². The van der Waals surface area contributed by atoms with Crippen LogP contribution >= 0.6 is 11.3 Å². The first-order valence-electron chi connectivity index (χ1n) is 3.57. The minimum Gasteiger partial charge on any atom is -0.293 e. The summed E-state index contributed by atoms with van der Waals surface area (Å²) in [4.78, 5) is 11.7. The first-order valence-corrected chi connectivity index (χ1v) is 4.45. The molecule has 4 heteroatoms. The summed E-state index contributed by atoms with van der Waals surface area (Å²) in [6, 6.07) is 3.28. The molecule has 0 amide bonds. The fraction of sp³-hybridized carbons (Fsp3) is 0.375. The molecule has 1 saturated carbocycles. The average molecular weight is 188 g/mol. The highest BCUT2D eigenvalue weighted by Gasteiger charge is 2.61. The lowest BCUT2D eigenvalue weighted by atomic mass is 10.2. The van der Waals surface area contributed by atoms with Gasteiger partial charge < -0.3 is 0 Å². The molecule has 0 saturated heterocycles. The molecule has 0 radical (unpaired) electrons. The van der Waals surface area contributed by atoms with Gasteiger partial charge in [0, 0.05) is 6.42 Å². The van der Waals surface area contributed by atoms with E-state index in [1.165, 1.54) is 11.3 Å². The Kier molecular flexibility index (Phi) is 1.54. The zero-order chi connectivity index (χ0) is 8.77. The Hall–Kier alpha value is -0.770. The quantitative estimate of drug-likeness (QED) is 0.652. The lowest BCUT2D eigenvalue weighted by molar-refractivity contribution is 0.0760. The third-order valence-electron chi connectivity index (χ3n) is 1.91. The smallest absolute Gasteiger partial charge is 0.259 e. The number of thiophene rings is 1. The third kappa shape index (κ3) is 1.16. The Balaban J connectivity index is 2.14. The van der Waals surface area contributed by atoms with Gasteiger partial charge in [0.15, 0.2) is 5.78 Å². The summed E-state index contributed by atoms with van der Waals surface area (Å²) in [5.41, 5.74) is 0. The largest absolute Gasteiger partial charge is 0.293 e. The number of ketones is 1. The van der Waals surface area contributed by atoms with Crippen LogP contribution in [-0.2, 0) is 0 Å². The Morgan fingerprint density at radius 1 is 1.67 bits per heavy atom. The number of alkyl halides is 2. The van der Waals surface area contributed by atoms with Crippen LogP contribution in [0.2, 0.25) is 0 Å². The molecular formula is C8H6F2OS. The monoisotopic (exact) mass is 188 g/mol. The lowest BCUT2D eigenvalue weighted by Gasteiger charge is -1.93. The predicted octanol–water partition coefficient (Wildman–Crippen LogP) is 2.59. The van der Waals surface area contributed by atoms with Crippen molar-refractivity contribution in [2.45, 2.75) is 12.3 Å². The van der Waals surface area contributed by atoms with E-state index in [0.29, 0.717) is 4.88 Å². The van der Waals surface area contributed by atoms with Crippen LogP contribution in [0.15, 0.2) is 17.5 Å². The van der Waals surface area contributed by atoms with Gasteiger partial charge in [0.05, 0.1) is 10.8 Å². The molecule has 1 heterocycles.